The Morgan fingerprint density at radius 3 is 2.31 bits per heavy atom. The minimum Gasteiger partial charge on any atom is -0.268 e. The highest BCUT2D eigenvalue weighted by Gasteiger charge is 2.05. The predicted octanol–water partition coefficient (Wildman–Crippen LogP) is 2.34. The number of hydrogen-bond acceptors (Lipinski definition) is 1. The summed E-state index contributed by atoms with van der Waals surface area (Å²) in [6.07, 6.45) is 0.839. The van der Waals surface area contributed by atoms with Crippen molar-refractivity contribution in [2.45, 2.75) is 27.2 Å². The Labute approximate surface area is 94.7 Å². The molecule has 0 aliphatic rings. The van der Waals surface area contributed by atoms with Crippen molar-refractivity contribution < 1.29 is 0 Å². The fourth-order valence-electron chi connectivity index (χ4n) is 2.00. The van der Waals surface area contributed by atoms with Gasteiger partial charge in [-0.05, 0) is 43.5 Å². The van der Waals surface area contributed by atoms with Crippen molar-refractivity contribution >= 4 is 0 Å². The first-order valence-corrected chi connectivity index (χ1v) is 5.50. The summed E-state index contributed by atoms with van der Waals surface area (Å²) >= 11 is 0. The van der Waals surface area contributed by atoms with E-state index in [0.29, 0.717) is 0 Å². The Hall–Kier alpha value is -1.77. The first-order chi connectivity index (χ1) is 7.60. The molecule has 0 unspecified atom stereocenters. The normalized spacial score (nSPS) is 10.7. The minimum absolute atomic E-state index is 0.0454. The molecule has 0 radical (unpaired) electrons. The molecule has 3 nitrogen and oxygen atoms in total. The fraction of sp³-hybridized carbons (Fsp3) is 0.308. The van der Waals surface area contributed by atoms with Crippen LogP contribution in [-0.2, 0) is 6.42 Å². The minimum atomic E-state index is -0.0454. The van der Waals surface area contributed by atoms with E-state index in [1.54, 1.807) is 6.07 Å². The van der Waals surface area contributed by atoms with Crippen LogP contribution in [0.3, 0.4) is 0 Å². The van der Waals surface area contributed by atoms with Gasteiger partial charge >= 0.3 is 0 Å². The molecule has 0 aliphatic carbocycles. The second-order valence-corrected chi connectivity index (χ2v) is 4.15. The van der Waals surface area contributed by atoms with Crippen molar-refractivity contribution in [1.82, 2.24) is 9.78 Å². The van der Waals surface area contributed by atoms with Crippen molar-refractivity contribution in [2.24, 2.45) is 0 Å². The van der Waals surface area contributed by atoms with Crippen LogP contribution in [-0.4, -0.2) is 9.78 Å². The summed E-state index contributed by atoms with van der Waals surface area (Å²) in [5.41, 5.74) is 4.39. The molecule has 1 N–H and O–H groups in total. The van der Waals surface area contributed by atoms with Crippen LogP contribution in [0.2, 0.25) is 0 Å². The van der Waals surface area contributed by atoms with Gasteiger partial charge in [-0.2, -0.15) is 0 Å². The number of nitrogens with one attached hydrogen (secondary N) is 1. The first-order valence-electron chi connectivity index (χ1n) is 5.50. The van der Waals surface area contributed by atoms with Gasteiger partial charge in [-0.25, -0.2) is 0 Å². The zero-order chi connectivity index (χ0) is 11.7. The maximum absolute atomic E-state index is 11.3. The lowest BCUT2D eigenvalue weighted by Gasteiger charge is -2.09. The van der Waals surface area contributed by atoms with Crippen LogP contribution in [0.1, 0.15) is 23.7 Å². The smallest absolute Gasteiger partial charge is 0.264 e. The van der Waals surface area contributed by atoms with Crippen molar-refractivity contribution in [1.29, 1.82) is 0 Å². The summed E-state index contributed by atoms with van der Waals surface area (Å²) in [6.45, 7) is 6.16. The summed E-state index contributed by atoms with van der Waals surface area (Å²) in [7, 11) is 0. The Morgan fingerprint density at radius 2 is 1.75 bits per heavy atom. The van der Waals surface area contributed by atoms with Crippen LogP contribution >= 0.6 is 0 Å². The predicted molar refractivity (Wildman–Crippen MR) is 65.2 cm³/mol. The Kier molecular flexibility index (Phi) is 2.69. The maximum atomic E-state index is 11.3. The summed E-state index contributed by atoms with van der Waals surface area (Å²) in [5.74, 6) is 0. The molecule has 16 heavy (non-hydrogen) atoms. The number of aromatic nitrogens is 2. The van der Waals surface area contributed by atoms with Crippen LogP contribution in [0.4, 0.5) is 0 Å². The van der Waals surface area contributed by atoms with Crippen molar-refractivity contribution in [3.8, 4) is 5.69 Å². The summed E-state index contributed by atoms with van der Waals surface area (Å²) in [5, 5.41) is 2.83. The van der Waals surface area contributed by atoms with Gasteiger partial charge < -0.3 is 0 Å². The molecule has 0 amide bonds. The fourth-order valence-corrected chi connectivity index (χ4v) is 2.00. The van der Waals surface area contributed by atoms with E-state index < -0.39 is 0 Å². The lowest BCUT2D eigenvalue weighted by Crippen LogP contribution is -2.05. The van der Waals surface area contributed by atoms with E-state index >= 15 is 0 Å². The molecule has 0 spiro atoms. The van der Waals surface area contributed by atoms with Crippen LogP contribution < -0.4 is 5.56 Å². The SMILES string of the molecule is CCc1cc(=O)[nH]n1-c1cc(C)cc(C)c1. The molecule has 1 aromatic heterocycles. The highest BCUT2D eigenvalue weighted by molar-refractivity contribution is 5.39. The van der Waals surface area contributed by atoms with Gasteiger partial charge in [0.2, 0.25) is 0 Å². The molecule has 0 saturated heterocycles. The molecule has 0 bridgehead atoms. The van der Waals surface area contributed by atoms with E-state index in [1.807, 2.05) is 11.6 Å². The molecule has 1 heterocycles. The first kappa shape index (κ1) is 10.7. The van der Waals surface area contributed by atoms with Crippen LogP contribution in [0.5, 0.6) is 0 Å². The molecule has 84 valence electrons. The van der Waals surface area contributed by atoms with E-state index in [1.165, 1.54) is 11.1 Å². The van der Waals surface area contributed by atoms with Gasteiger partial charge in [0, 0.05) is 11.8 Å². The van der Waals surface area contributed by atoms with Gasteiger partial charge in [-0.15, -0.1) is 0 Å². The number of H-pyrrole nitrogens is 1. The average molecular weight is 216 g/mol. The van der Waals surface area contributed by atoms with Gasteiger partial charge in [-0.3, -0.25) is 14.6 Å². The van der Waals surface area contributed by atoms with E-state index in [-0.39, 0.29) is 5.56 Å². The van der Waals surface area contributed by atoms with Gasteiger partial charge in [0.05, 0.1) is 5.69 Å². The third kappa shape index (κ3) is 1.94. The molecular formula is C13H16N2O. The van der Waals surface area contributed by atoms with E-state index in [4.69, 9.17) is 0 Å². The number of rotatable bonds is 2. The summed E-state index contributed by atoms with van der Waals surface area (Å²) < 4.78 is 1.86. The monoisotopic (exact) mass is 216 g/mol. The highest BCUT2D eigenvalue weighted by Crippen LogP contribution is 2.14. The molecule has 0 atom stereocenters. The quantitative estimate of drug-likeness (QED) is 0.822. The molecule has 1 aromatic carbocycles. The number of aromatic amines is 1. The topological polar surface area (TPSA) is 37.8 Å². The molecule has 0 fully saturated rings. The second-order valence-electron chi connectivity index (χ2n) is 4.15. The number of nitrogens with zero attached hydrogens (tertiary/aromatic N) is 1. The van der Waals surface area contributed by atoms with Crippen LogP contribution in [0, 0.1) is 13.8 Å². The average Bonchev–Trinajstić information content (AvgIpc) is 2.58. The Morgan fingerprint density at radius 1 is 1.12 bits per heavy atom. The van der Waals surface area contributed by atoms with Crippen LogP contribution in [0.25, 0.3) is 5.69 Å². The van der Waals surface area contributed by atoms with Crippen molar-refractivity contribution in [2.75, 3.05) is 0 Å². The molecule has 2 aromatic rings. The van der Waals surface area contributed by atoms with Gasteiger partial charge in [0.15, 0.2) is 0 Å². The Balaban J connectivity index is 2.61. The standard InChI is InChI=1S/C13H16N2O/c1-4-11-8-13(16)14-15(11)12-6-9(2)5-10(3)7-12/h5-8H,4H2,1-3H3,(H,14,16). The number of hydrogen-bond donors (Lipinski definition) is 1. The highest BCUT2D eigenvalue weighted by atomic mass is 16.1. The summed E-state index contributed by atoms with van der Waals surface area (Å²) in [6, 6.07) is 7.92. The van der Waals surface area contributed by atoms with Gasteiger partial charge in [0.25, 0.3) is 5.56 Å². The Bertz CT molecular complexity index is 543. The number of benzene rings is 1. The van der Waals surface area contributed by atoms with E-state index in [2.05, 4.69) is 37.1 Å². The van der Waals surface area contributed by atoms with Gasteiger partial charge in [0.1, 0.15) is 0 Å². The van der Waals surface area contributed by atoms with Crippen LogP contribution in [0.15, 0.2) is 29.1 Å². The van der Waals surface area contributed by atoms with E-state index in [9.17, 15) is 4.79 Å². The number of aryl methyl sites for hydroxylation is 3. The lowest BCUT2D eigenvalue weighted by molar-refractivity contribution is 0.803. The summed E-state index contributed by atoms with van der Waals surface area (Å²) in [4.78, 5) is 11.3. The molecular weight excluding hydrogens is 200 g/mol. The lowest BCUT2D eigenvalue weighted by atomic mass is 10.1. The van der Waals surface area contributed by atoms with Crippen molar-refractivity contribution in [3.05, 3.63) is 51.4 Å². The zero-order valence-electron chi connectivity index (χ0n) is 9.87. The molecule has 3 heteroatoms. The maximum Gasteiger partial charge on any atom is 0.264 e. The second kappa shape index (κ2) is 4.00. The third-order valence-corrected chi connectivity index (χ3v) is 2.63. The largest absolute Gasteiger partial charge is 0.268 e. The zero-order valence-corrected chi connectivity index (χ0v) is 9.87. The van der Waals surface area contributed by atoms with E-state index in [0.717, 1.165) is 17.8 Å². The molecule has 2 rings (SSSR count). The third-order valence-electron chi connectivity index (χ3n) is 2.63. The molecule has 0 saturated carbocycles. The van der Waals surface area contributed by atoms with Crippen molar-refractivity contribution in [3.63, 3.8) is 0 Å². The molecule has 0 aliphatic heterocycles. The van der Waals surface area contributed by atoms with Gasteiger partial charge in [-0.1, -0.05) is 13.0 Å².